The first-order chi connectivity index (χ1) is 14.2. The molecule has 0 fully saturated rings. The van der Waals surface area contributed by atoms with Crippen LogP contribution < -0.4 is 5.32 Å². The van der Waals surface area contributed by atoms with E-state index in [9.17, 15) is 9.18 Å². The average Bonchev–Trinajstić information content (AvgIpc) is 3.37. The Bertz CT molecular complexity index is 1020. The first-order valence-corrected chi connectivity index (χ1v) is 10.3. The van der Waals surface area contributed by atoms with Gasteiger partial charge in [0.1, 0.15) is 17.6 Å². The van der Waals surface area contributed by atoms with Crippen LogP contribution in [0.5, 0.6) is 0 Å². The minimum atomic E-state index is -0.263. The summed E-state index contributed by atoms with van der Waals surface area (Å²) < 4.78 is 13.3. The molecule has 0 saturated heterocycles. The van der Waals surface area contributed by atoms with Crippen LogP contribution in [-0.2, 0) is 17.7 Å². The van der Waals surface area contributed by atoms with E-state index >= 15 is 0 Å². The maximum atomic E-state index is 13.3. The topological polar surface area (TPSA) is 63.6 Å². The molecule has 3 aromatic rings. The average molecular weight is 409 g/mol. The van der Waals surface area contributed by atoms with E-state index in [1.807, 2.05) is 36.4 Å². The van der Waals surface area contributed by atoms with Crippen LogP contribution in [0.4, 0.5) is 4.39 Å². The fourth-order valence-electron chi connectivity index (χ4n) is 3.15. The Labute approximate surface area is 172 Å². The number of halogens is 1. The summed E-state index contributed by atoms with van der Waals surface area (Å²) in [5.41, 5.74) is 3.27. The zero-order valence-electron chi connectivity index (χ0n) is 15.7. The highest BCUT2D eigenvalue weighted by Crippen LogP contribution is 2.16. The lowest BCUT2D eigenvalue weighted by Gasteiger charge is -2.08. The summed E-state index contributed by atoms with van der Waals surface area (Å²) in [6, 6.07) is 16.5. The quantitative estimate of drug-likeness (QED) is 0.642. The molecule has 0 saturated carbocycles. The molecule has 1 N–H and O–H groups in total. The van der Waals surface area contributed by atoms with E-state index in [1.54, 1.807) is 11.4 Å². The van der Waals surface area contributed by atoms with E-state index in [4.69, 9.17) is 4.84 Å². The summed E-state index contributed by atoms with van der Waals surface area (Å²) in [7, 11) is 0. The number of hydrogen-bond acceptors (Lipinski definition) is 5. The molecule has 2 heterocycles. The van der Waals surface area contributed by atoms with Gasteiger partial charge >= 0.3 is 0 Å². The lowest BCUT2D eigenvalue weighted by molar-refractivity contribution is 0.0751. The smallest absolute Gasteiger partial charge is 0.270 e. The number of carbonyl (C=O) groups is 1. The van der Waals surface area contributed by atoms with Crippen molar-refractivity contribution in [2.45, 2.75) is 25.4 Å². The highest BCUT2D eigenvalue weighted by molar-refractivity contribution is 7.09. The van der Waals surface area contributed by atoms with Gasteiger partial charge in [-0.1, -0.05) is 47.6 Å². The Kier molecular flexibility index (Phi) is 5.95. The van der Waals surface area contributed by atoms with Gasteiger partial charge < -0.3 is 10.2 Å². The van der Waals surface area contributed by atoms with Crippen molar-refractivity contribution in [2.24, 2.45) is 5.16 Å². The van der Waals surface area contributed by atoms with Crippen molar-refractivity contribution in [3.63, 3.8) is 0 Å². The molecule has 0 aliphatic carbocycles. The first kappa shape index (κ1) is 19.3. The Morgan fingerprint density at radius 1 is 1.14 bits per heavy atom. The van der Waals surface area contributed by atoms with Crippen LogP contribution in [-0.4, -0.2) is 29.3 Å². The van der Waals surface area contributed by atoms with Crippen molar-refractivity contribution in [1.29, 1.82) is 0 Å². The molecule has 1 amide bonds. The van der Waals surface area contributed by atoms with E-state index in [2.05, 4.69) is 15.5 Å². The second-order valence-corrected chi connectivity index (χ2v) is 7.84. The molecule has 0 bridgehead atoms. The molecule has 0 spiro atoms. The lowest BCUT2D eigenvalue weighted by Crippen LogP contribution is -2.32. The third kappa shape index (κ3) is 5.26. The van der Waals surface area contributed by atoms with E-state index < -0.39 is 0 Å². The van der Waals surface area contributed by atoms with Crippen LogP contribution in [0.25, 0.3) is 0 Å². The van der Waals surface area contributed by atoms with E-state index in [1.165, 1.54) is 23.5 Å². The Balaban J connectivity index is 1.24. The normalized spacial score (nSPS) is 15.6. The van der Waals surface area contributed by atoms with Crippen molar-refractivity contribution in [3.05, 3.63) is 87.6 Å². The second kappa shape index (κ2) is 8.96. The number of nitrogens with one attached hydrogen (secondary N) is 1. The van der Waals surface area contributed by atoms with Gasteiger partial charge in [0.15, 0.2) is 0 Å². The van der Waals surface area contributed by atoms with E-state index in [0.717, 1.165) is 21.8 Å². The Morgan fingerprint density at radius 3 is 2.79 bits per heavy atom. The van der Waals surface area contributed by atoms with Crippen LogP contribution in [0.2, 0.25) is 0 Å². The number of rotatable bonds is 7. The molecule has 4 rings (SSSR count). The van der Waals surface area contributed by atoms with Crippen molar-refractivity contribution in [2.75, 3.05) is 6.54 Å². The predicted octanol–water partition coefficient (Wildman–Crippen LogP) is 3.99. The Morgan fingerprint density at radius 2 is 1.97 bits per heavy atom. The summed E-state index contributed by atoms with van der Waals surface area (Å²) in [5.74, 6) is -0.483. The maximum absolute atomic E-state index is 13.3. The summed E-state index contributed by atoms with van der Waals surface area (Å²) in [5, 5.41) is 9.61. The predicted molar refractivity (Wildman–Crippen MR) is 111 cm³/mol. The van der Waals surface area contributed by atoms with Crippen LogP contribution in [0.3, 0.4) is 0 Å². The minimum absolute atomic E-state index is 0.218. The highest BCUT2D eigenvalue weighted by atomic mass is 32.1. The highest BCUT2D eigenvalue weighted by Gasteiger charge is 2.22. The third-order valence-electron chi connectivity index (χ3n) is 4.56. The lowest BCUT2D eigenvalue weighted by atomic mass is 10.0. The Hall–Kier alpha value is -3.06. The minimum Gasteiger partial charge on any atom is -0.390 e. The van der Waals surface area contributed by atoms with Crippen molar-refractivity contribution in [3.8, 4) is 0 Å². The standard InChI is InChI=1S/C22H20FN3O2S/c23-17-8-4-7-16(9-17)10-18-12-19(28-26-18)13-24-22(27)20-14-29-21(25-20)11-15-5-2-1-3-6-15/h1-9,14,19H,10-13H2,(H,24,27)/t19-/m1/s1. The van der Waals surface area contributed by atoms with Gasteiger partial charge in [-0.3, -0.25) is 4.79 Å². The van der Waals surface area contributed by atoms with Crippen molar-refractivity contribution >= 4 is 23.0 Å². The number of thiazole rings is 1. The number of nitrogens with zero attached hydrogens (tertiary/aromatic N) is 2. The molecule has 1 aliphatic heterocycles. The van der Waals surface area contributed by atoms with Gasteiger partial charge in [-0.05, 0) is 23.3 Å². The first-order valence-electron chi connectivity index (χ1n) is 9.38. The zero-order valence-corrected chi connectivity index (χ0v) is 16.5. The van der Waals surface area contributed by atoms with E-state index in [0.29, 0.717) is 31.5 Å². The molecule has 0 radical (unpaired) electrons. The SMILES string of the molecule is O=C(NC[C@H]1CC(Cc2cccc(F)c2)=NO1)c1csc(Cc2ccccc2)n1. The number of benzene rings is 2. The fourth-order valence-corrected chi connectivity index (χ4v) is 3.96. The molecular weight excluding hydrogens is 389 g/mol. The zero-order chi connectivity index (χ0) is 20.1. The monoisotopic (exact) mass is 409 g/mol. The number of carbonyl (C=O) groups excluding carboxylic acids is 1. The molecule has 1 atom stereocenters. The molecule has 148 valence electrons. The third-order valence-corrected chi connectivity index (χ3v) is 5.41. The number of oxime groups is 1. The van der Waals surface area contributed by atoms with Gasteiger partial charge in [0.25, 0.3) is 5.91 Å². The van der Waals surface area contributed by atoms with Crippen molar-refractivity contribution < 1.29 is 14.0 Å². The van der Waals surface area contributed by atoms with Crippen LogP contribution >= 0.6 is 11.3 Å². The van der Waals surface area contributed by atoms with Gasteiger partial charge in [0.2, 0.25) is 0 Å². The molecule has 1 aliphatic rings. The van der Waals surface area contributed by atoms with Gasteiger partial charge in [0, 0.05) is 24.6 Å². The molecule has 1 aromatic heterocycles. The summed E-state index contributed by atoms with van der Waals surface area (Å²) in [6.45, 7) is 0.348. The van der Waals surface area contributed by atoms with Crippen LogP contribution in [0, 0.1) is 5.82 Å². The van der Waals surface area contributed by atoms with E-state index in [-0.39, 0.29) is 17.8 Å². The largest absolute Gasteiger partial charge is 0.390 e. The number of hydrogen-bond donors (Lipinski definition) is 1. The summed E-state index contributed by atoms with van der Waals surface area (Å²) >= 11 is 1.48. The number of aromatic nitrogens is 1. The summed E-state index contributed by atoms with van der Waals surface area (Å²) in [4.78, 5) is 22.2. The van der Waals surface area contributed by atoms with Crippen molar-refractivity contribution in [1.82, 2.24) is 10.3 Å². The van der Waals surface area contributed by atoms with Crippen LogP contribution in [0.1, 0.15) is 33.0 Å². The van der Waals surface area contributed by atoms with Gasteiger partial charge in [-0.15, -0.1) is 11.3 Å². The molecule has 5 nitrogen and oxygen atoms in total. The van der Waals surface area contributed by atoms with Gasteiger partial charge in [0.05, 0.1) is 17.3 Å². The van der Waals surface area contributed by atoms with Gasteiger partial charge in [-0.25, -0.2) is 9.37 Å². The fraction of sp³-hybridized carbons (Fsp3) is 0.227. The maximum Gasteiger partial charge on any atom is 0.270 e. The summed E-state index contributed by atoms with van der Waals surface area (Å²) in [6.07, 6.45) is 1.64. The number of amides is 1. The van der Waals surface area contributed by atoms with Crippen LogP contribution in [0.15, 0.2) is 65.1 Å². The second-order valence-electron chi connectivity index (χ2n) is 6.89. The molecule has 0 unspecified atom stereocenters. The molecule has 29 heavy (non-hydrogen) atoms. The molecule has 2 aromatic carbocycles. The molecular formula is C22H20FN3O2S. The molecule has 7 heteroatoms. The van der Waals surface area contributed by atoms with Gasteiger partial charge in [-0.2, -0.15) is 0 Å².